The molecule has 0 spiro atoms. The number of sulfonamides is 1. The summed E-state index contributed by atoms with van der Waals surface area (Å²) in [5, 5.41) is 0.684. The molecule has 2 rings (SSSR count). The molecule has 6 heteroatoms. The SMILES string of the molecule is CS(=O)(=O)N1CCCC(CC(CBr)c2ccccc2F)C1. The largest absolute Gasteiger partial charge is 0.213 e. The van der Waals surface area contributed by atoms with E-state index in [9.17, 15) is 12.8 Å². The number of halogens is 2. The number of hydrogen-bond donors (Lipinski definition) is 0. The first-order valence-electron chi connectivity index (χ1n) is 7.17. The zero-order chi connectivity index (χ0) is 15.5. The van der Waals surface area contributed by atoms with Crippen molar-refractivity contribution in [1.29, 1.82) is 0 Å². The van der Waals surface area contributed by atoms with E-state index in [2.05, 4.69) is 15.9 Å². The third-order valence-electron chi connectivity index (χ3n) is 4.10. The molecule has 2 unspecified atom stereocenters. The number of rotatable bonds is 5. The van der Waals surface area contributed by atoms with Crippen LogP contribution in [-0.4, -0.2) is 37.4 Å². The molecule has 0 radical (unpaired) electrons. The van der Waals surface area contributed by atoms with Crippen LogP contribution in [0.25, 0.3) is 0 Å². The molecule has 2 atom stereocenters. The summed E-state index contributed by atoms with van der Waals surface area (Å²) in [5.74, 6) is 0.184. The van der Waals surface area contributed by atoms with E-state index in [0.717, 1.165) is 19.3 Å². The van der Waals surface area contributed by atoms with Gasteiger partial charge in [-0.3, -0.25) is 0 Å². The molecule has 0 saturated carbocycles. The van der Waals surface area contributed by atoms with Gasteiger partial charge in [0.2, 0.25) is 10.0 Å². The Morgan fingerprint density at radius 3 is 2.76 bits per heavy atom. The van der Waals surface area contributed by atoms with Crippen molar-refractivity contribution in [3.8, 4) is 0 Å². The summed E-state index contributed by atoms with van der Waals surface area (Å²) in [4.78, 5) is 0. The number of nitrogens with zero attached hydrogens (tertiary/aromatic N) is 1. The van der Waals surface area contributed by atoms with E-state index < -0.39 is 10.0 Å². The van der Waals surface area contributed by atoms with Gasteiger partial charge < -0.3 is 0 Å². The molecule has 1 aromatic carbocycles. The standard InChI is InChI=1S/C15H21BrFNO2S/c1-21(19,20)18-8-4-5-12(11-18)9-13(10-16)14-6-2-3-7-15(14)17/h2-3,6-7,12-13H,4-5,8-11H2,1H3. The van der Waals surface area contributed by atoms with Crippen LogP contribution in [0.2, 0.25) is 0 Å². The summed E-state index contributed by atoms with van der Waals surface area (Å²) >= 11 is 3.47. The van der Waals surface area contributed by atoms with Gasteiger partial charge in [0, 0.05) is 18.4 Å². The topological polar surface area (TPSA) is 37.4 Å². The van der Waals surface area contributed by atoms with Gasteiger partial charge in [0.25, 0.3) is 0 Å². The van der Waals surface area contributed by atoms with Gasteiger partial charge >= 0.3 is 0 Å². The van der Waals surface area contributed by atoms with Gasteiger partial charge in [0.15, 0.2) is 0 Å². The lowest BCUT2D eigenvalue weighted by molar-refractivity contribution is 0.249. The lowest BCUT2D eigenvalue weighted by Crippen LogP contribution is -2.39. The summed E-state index contributed by atoms with van der Waals surface area (Å²) in [5.41, 5.74) is 0.714. The Morgan fingerprint density at radius 2 is 2.14 bits per heavy atom. The van der Waals surface area contributed by atoms with E-state index >= 15 is 0 Å². The smallest absolute Gasteiger partial charge is 0.211 e. The quantitative estimate of drug-likeness (QED) is 0.737. The maximum absolute atomic E-state index is 13.9. The fraction of sp³-hybridized carbons (Fsp3) is 0.600. The van der Waals surface area contributed by atoms with Crippen LogP contribution >= 0.6 is 15.9 Å². The molecular weight excluding hydrogens is 357 g/mol. The maximum Gasteiger partial charge on any atom is 0.211 e. The highest BCUT2D eigenvalue weighted by molar-refractivity contribution is 9.09. The fourth-order valence-corrected chi connectivity index (χ4v) is 4.56. The van der Waals surface area contributed by atoms with Crippen molar-refractivity contribution in [2.75, 3.05) is 24.7 Å². The van der Waals surface area contributed by atoms with Crippen molar-refractivity contribution in [3.05, 3.63) is 35.6 Å². The Balaban J connectivity index is 2.07. The molecule has 1 aliphatic heterocycles. The Kier molecular flexibility index (Phi) is 5.80. The Morgan fingerprint density at radius 1 is 1.43 bits per heavy atom. The number of benzene rings is 1. The van der Waals surface area contributed by atoms with Gasteiger partial charge in [-0.2, -0.15) is 0 Å². The molecule has 0 bridgehead atoms. The van der Waals surface area contributed by atoms with Crippen molar-refractivity contribution in [2.45, 2.75) is 25.2 Å². The normalized spacial score (nSPS) is 22.1. The third-order valence-corrected chi connectivity index (χ3v) is 6.15. The highest BCUT2D eigenvalue weighted by Crippen LogP contribution is 2.32. The minimum atomic E-state index is -3.13. The summed E-state index contributed by atoms with van der Waals surface area (Å²) in [6.07, 6.45) is 3.94. The summed E-state index contributed by atoms with van der Waals surface area (Å²) in [7, 11) is -3.13. The van der Waals surface area contributed by atoms with Gasteiger partial charge in [-0.15, -0.1) is 0 Å². The summed E-state index contributed by atoms with van der Waals surface area (Å²) in [6.45, 7) is 1.16. The van der Waals surface area contributed by atoms with Gasteiger partial charge in [0.1, 0.15) is 5.82 Å². The second-order valence-electron chi connectivity index (χ2n) is 5.74. The number of hydrogen-bond acceptors (Lipinski definition) is 2. The Bertz CT molecular complexity index is 579. The van der Waals surface area contributed by atoms with Crippen molar-refractivity contribution < 1.29 is 12.8 Å². The van der Waals surface area contributed by atoms with E-state index in [-0.39, 0.29) is 17.7 Å². The molecule has 0 N–H and O–H groups in total. The van der Waals surface area contributed by atoms with Crippen molar-refractivity contribution >= 4 is 26.0 Å². The average Bonchev–Trinajstić information content (AvgIpc) is 2.45. The van der Waals surface area contributed by atoms with Crippen LogP contribution in [0.1, 0.15) is 30.7 Å². The Hall–Kier alpha value is -0.460. The lowest BCUT2D eigenvalue weighted by atomic mass is 9.86. The monoisotopic (exact) mass is 377 g/mol. The zero-order valence-corrected chi connectivity index (χ0v) is 14.5. The van der Waals surface area contributed by atoms with Gasteiger partial charge in [-0.25, -0.2) is 17.1 Å². The fourth-order valence-electron chi connectivity index (χ4n) is 3.00. The first-order valence-corrected chi connectivity index (χ1v) is 10.1. The van der Waals surface area contributed by atoms with Crippen LogP contribution < -0.4 is 0 Å². The molecule has 0 amide bonds. The van der Waals surface area contributed by atoms with Crippen LogP contribution in [0.3, 0.4) is 0 Å². The molecule has 1 aromatic rings. The second-order valence-corrected chi connectivity index (χ2v) is 8.37. The van der Waals surface area contributed by atoms with E-state index in [1.165, 1.54) is 12.3 Å². The first kappa shape index (κ1) is 16.9. The van der Waals surface area contributed by atoms with Gasteiger partial charge in [-0.05, 0) is 42.7 Å². The molecule has 3 nitrogen and oxygen atoms in total. The first-order chi connectivity index (χ1) is 9.91. The summed E-state index contributed by atoms with van der Waals surface area (Å²) < 4.78 is 38.8. The minimum absolute atomic E-state index is 0.0794. The van der Waals surface area contributed by atoms with Gasteiger partial charge in [-0.1, -0.05) is 34.1 Å². The second kappa shape index (κ2) is 7.20. The van der Waals surface area contributed by atoms with E-state index in [1.54, 1.807) is 10.4 Å². The average molecular weight is 378 g/mol. The van der Waals surface area contributed by atoms with Gasteiger partial charge in [0.05, 0.1) is 6.26 Å². The number of alkyl halides is 1. The summed E-state index contributed by atoms with van der Waals surface area (Å²) in [6, 6.07) is 6.83. The molecule has 0 aliphatic carbocycles. The van der Waals surface area contributed by atoms with Crippen LogP contribution in [-0.2, 0) is 10.0 Å². The van der Waals surface area contributed by atoms with Crippen LogP contribution in [0, 0.1) is 11.7 Å². The molecular formula is C15H21BrFNO2S. The number of piperidine rings is 1. The molecule has 118 valence electrons. The van der Waals surface area contributed by atoms with Crippen molar-refractivity contribution in [3.63, 3.8) is 0 Å². The molecule has 1 saturated heterocycles. The van der Waals surface area contributed by atoms with Crippen molar-refractivity contribution in [2.24, 2.45) is 5.92 Å². The van der Waals surface area contributed by atoms with Crippen LogP contribution in [0.15, 0.2) is 24.3 Å². The van der Waals surface area contributed by atoms with E-state index in [1.807, 2.05) is 12.1 Å². The maximum atomic E-state index is 13.9. The Labute approximate surface area is 134 Å². The molecule has 1 fully saturated rings. The highest BCUT2D eigenvalue weighted by atomic mass is 79.9. The molecule has 21 heavy (non-hydrogen) atoms. The zero-order valence-electron chi connectivity index (χ0n) is 12.1. The highest BCUT2D eigenvalue weighted by Gasteiger charge is 2.28. The third kappa shape index (κ3) is 4.50. The van der Waals surface area contributed by atoms with E-state index in [0.29, 0.717) is 24.0 Å². The molecule has 1 heterocycles. The molecule has 0 aromatic heterocycles. The lowest BCUT2D eigenvalue weighted by Gasteiger charge is -2.32. The van der Waals surface area contributed by atoms with Crippen molar-refractivity contribution in [1.82, 2.24) is 4.31 Å². The predicted octanol–water partition coefficient (Wildman–Crippen LogP) is 3.37. The minimum Gasteiger partial charge on any atom is -0.213 e. The van der Waals surface area contributed by atoms with E-state index in [4.69, 9.17) is 0 Å². The molecule has 1 aliphatic rings. The van der Waals surface area contributed by atoms with Crippen LogP contribution in [0.5, 0.6) is 0 Å². The predicted molar refractivity (Wildman–Crippen MR) is 86.7 cm³/mol. The van der Waals surface area contributed by atoms with Crippen LogP contribution in [0.4, 0.5) is 4.39 Å².